The largest absolute Gasteiger partial charge is 0.437 e. The van der Waals surface area contributed by atoms with Crippen LogP contribution in [0, 0.1) is 5.92 Å². The van der Waals surface area contributed by atoms with Crippen molar-refractivity contribution in [2.75, 3.05) is 19.6 Å². The van der Waals surface area contributed by atoms with Crippen molar-refractivity contribution in [2.24, 2.45) is 5.92 Å². The molecule has 0 bridgehead atoms. The van der Waals surface area contributed by atoms with E-state index in [-0.39, 0.29) is 36.6 Å². The summed E-state index contributed by atoms with van der Waals surface area (Å²) in [7, 11) is 0. The number of rotatable bonds is 5. The van der Waals surface area contributed by atoms with E-state index in [1.165, 1.54) is 12.4 Å². The Kier molecular flexibility index (Phi) is 8.57. The Hall–Kier alpha value is -1.93. The Balaban J connectivity index is 0.00000156. The minimum absolute atomic E-state index is 0. The second-order valence-electron chi connectivity index (χ2n) is 5.37. The lowest BCUT2D eigenvalue weighted by atomic mass is 10.1. The molecule has 0 aliphatic carbocycles. The molecule has 2 unspecified atom stereocenters. The summed E-state index contributed by atoms with van der Waals surface area (Å²) in [5, 5.41) is 15.7. The summed E-state index contributed by atoms with van der Waals surface area (Å²) in [6, 6.07) is 6.85. The summed E-state index contributed by atoms with van der Waals surface area (Å²) in [4.78, 5) is 20.2. The lowest BCUT2D eigenvalue weighted by molar-refractivity contribution is 0.0926. The van der Waals surface area contributed by atoms with Crippen molar-refractivity contribution < 1.29 is 14.6 Å². The van der Waals surface area contributed by atoms with Crippen LogP contribution in [-0.4, -0.2) is 46.7 Å². The highest BCUT2D eigenvalue weighted by molar-refractivity contribution is 5.94. The molecule has 136 valence electrons. The predicted octanol–water partition coefficient (Wildman–Crippen LogP) is 1.42. The van der Waals surface area contributed by atoms with Crippen molar-refractivity contribution in [1.29, 1.82) is 0 Å². The first-order chi connectivity index (χ1) is 11.2. The second kappa shape index (κ2) is 10.1. The van der Waals surface area contributed by atoms with Crippen LogP contribution in [-0.2, 0) is 0 Å². The van der Waals surface area contributed by atoms with Crippen LogP contribution in [0.2, 0.25) is 0 Å². The second-order valence-corrected chi connectivity index (χ2v) is 5.37. The number of halogens is 2. The maximum Gasteiger partial charge on any atom is 0.251 e. The Labute approximate surface area is 158 Å². The van der Waals surface area contributed by atoms with E-state index in [4.69, 9.17) is 4.74 Å². The number of carbonyl (C=O) groups excluding carboxylic acids is 1. The Bertz CT molecular complexity index is 675. The molecule has 9 heteroatoms. The van der Waals surface area contributed by atoms with Crippen LogP contribution in [0.15, 0.2) is 42.9 Å². The number of aliphatic hydroxyl groups excluding tert-OH is 1. The molecule has 2 atom stereocenters. The number of hydrogen-bond acceptors (Lipinski definition) is 6. The van der Waals surface area contributed by atoms with Gasteiger partial charge in [0.25, 0.3) is 5.91 Å². The monoisotopic (exact) mass is 386 g/mol. The number of aliphatic hydroxyl groups is 1. The zero-order valence-electron chi connectivity index (χ0n) is 13.3. The third-order valence-electron chi connectivity index (χ3n) is 3.69. The molecule has 1 saturated heterocycles. The third kappa shape index (κ3) is 5.82. The van der Waals surface area contributed by atoms with E-state index in [0.717, 1.165) is 0 Å². The van der Waals surface area contributed by atoms with Gasteiger partial charge in [-0.1, -0.05) is 6.07 Å². The minimum atomic E-state index is -0.415. The topological polar surface area (TPSA) is 96.4 Å². The van der Waals surface area contributed by atoms with Crippen LogP contribution >= 0.6 is 24.8 Å². The van der Waals surface area contributed by atoms with Crippen LogP contribution in [0.5, 0.6) is 11.6 Å². The standard InChI is InChI=1S/C16H18N4O3.2ClH/c21-14-9-18-7-12(14)8-20-16(22)11-2-1-3-13(6-11)23-15-10-17-4-5-19-15;;/h1-6,10,12,14,18,21H,7-9H2,(H,20,22);2*1H. The smallest absolute Gasteiger partial charge is 0.251 e. The first kappa shape index (κ1) is 21.1. The van der Waals surface area contributed by atoms with Gasteiger partial charge in [0.2, 0.25) is 5.88 Å². The first-order valence-electron chi connectivity index (χ1n) is 7.43. The number of β-amino-alcohol motifs (C(OH)–C–C–N with tert-alkyl or cyclic N) is 1. The third-order valence-corrected chi connectivity index (χ3v) is 3.69. The van der Waals surface area contributed by atoms with Gasteiger partial charge in [0, 0.05) is 43.5 Å². The molecule has 3 N–H and O–H groups in total. The number of carbonyl (C=O) groups is 1. The molecule has 0 spiro atoms. The molecule has 2 heterocycles. The van der Waals surface area contributed by atoms with Crippen molar-refractivity contribution in [1.82, 2.24) is 20.6 Å². The van der Waals surface area contributed by atoms with Crippen molar-refractivity contribution >= 4 is 30.7 Å². The first-order valence-corrected chi connectivity index (χ1v) is 7.43. The van der Waals surface area contributed by atoms with Gasteiger partial charge in [0.05, 0.1) is 12.3 Å². The van der Waals surface area contributed by atoms with Gasteiger partial charge in [0.15, 0.2) is 0 Å². The van der Waals surface area contributed by atoms with Gasteiger partial charge in [-0.3, -0.25) is 9.78 Å². The molecule has 3 rings (SSSR count). The molecule has 0 saturated carbocycles. The lowest BCUT2D eigenvalue weighted by Gasteiger charge is -2.14. The lowest BCUT2D eigenvalue weighted by Crippen LogP contribution is -2.34. The zero-order chi connectivity index (χ0) is 16.1. The highest BCUT2D eigenvalue weighted by Crippen LogP contribution is 2.19. The fraction of sp³-hybridized carbons (Fsp3) is 0.312. The number of benzene rings is 1. The number of amides is 1. The van der Waals surface area contributed by atoms with Crippen LogP contribution in [0.3, 0.4) is 0 Å². The van der Waals surface area contributed by atoms with Gasteiger partial charge in [-0.25, -0.2) is 4.98 Å². The molecule has 25 heavy (non-hydrogen) atoms. The Morgan fingerprint density at radius 2 is 2.16 bits per heavy atom. The molecule has 0 radical (unpaired) electrons. The minimum Gasteiger partial charge on any atom is -0.437 e. The van der Waals surface area contributed by atoms with Crippen LogP contribution < -0.4 is 15.4 Å². The Morgan fingerprint density at radius 1 is 1.32 bits per heavy atom. The number of ether oxygens (including phenoxy) is 1. The van der Waals surface area contributed by atoms with Crippen molar-refractivity contribution in [2.45, 2.75) is 6.10 Å². The fourth-order valence-electron chi connectivity index (χ4n) is 2.41. The maximum atomic E-state index is 12.2. The van der Waals surface area contributed by atoms with Crippen molar-refractivity contribution in [3.63, 3.8) is 0 Å². The normalized spacial score (nSPS) is 18.6. The molecule has 1 aliphatic rings. The molecule has 1 aromatic heterocycles. The van der Waals surface area contributed by atoms with E-state index in [2.05, 4.69) is 20.6 Å². The number of nitrogens with zero attached hydrogens (tertiary/aromatic N) is 2. The van der Waals surface area contributed by atoms with Crippen molar-refractivity contribution in [3.05, 3.63) is 48.4 Å². The van der Waals surface area contributed by atoms with E-state index in [9.17, 15) is 9.90 Å². The summed E-state index contributed by atoms with van der Waals surface area (Å²) >= 11 is 0. The molecule has 1 aromatic carbocycles. The van der Waals surface area contributed by atoms with Gasteiger partial charge in [-0.05, 0) is 18.2 Å². The van der Waals surface area contributed by atoms with Crippen LogP contribution in [0.25, 0.3) is 0 Å². The molecule has 1 amide bonds. The highest BCUT2D eigenvalue weighted by atomic mass is 35.5. The average molecular weight is 387 g/mol. The summed E-state index contributed by atoms with van der Waals surface area (Å²) in [5.74, 6) is 0.720. The van der Waals surface area contributed by atoms with Gasteiger partial charge < -0.3 is 20.5 Å². The summed E-state index contributed by atoms with van der Waals surface area (Å²) in [6.45, 7) is 1.71. The Morgan fingerprint density at radius 3 is 2.84 bits per heavy atom. The average Bonchev–Trinajstić information content (AvgIpc) is 2.99. The van der Waals surface area contributed by atoms with Crippen LogP contribution in [0.4, 0.5) is 0 Å². The van der Waals surface area contributed by atoms with Gasteiger partial charge in [-0.15, -0.1) is 24.8 Å². The molecular formula is C16H20Cl2N4O3. The van der Waals surface area contributed by atoms with Crippen LogP contribution in [0.1, 0.15) is 10.4 Å². The predicted molar refractivity (Wildman–Crippen MR) is 97.7 cm³/mol. The molecule has 1 fully saturated rings. The summed E-state index contributed by atoms with van der Waals surface area (Å²) in [5.41, 5.74) is 0.492. The van der Waals surface area contributed by atoms with Gasteiger partial charge in [-0.2, -0.15) is 0 Å². The van der Waals surface area contributed by atoms with E-state index >= 15 is 0 Å². The van der Waals surface area contributed by atoms with E-state index in [1.807, 2.05) is 0 Å². The molecule has 1 aliphatic heterocycles. The molecule has 7 nitrogen and oxygen atoms in total. The van der Waals surface area contributed by atoms with Gasteiger partial charge in [0.1, 0.15) is 5.75 Å². The molecular weight excluding hydrogens is 367 g/mol. The SMILES string of the molecule is Cl.Cl.O=C(NCC1CNCC1O)c1cccc(Oc2cnccn2)c1. The maximum absolute atomic E-state index is 12.2. The number of aromatic nitrogens is 2. The summed E-state index contributed by atoms with van der Waals surface area (Å²) in [6.07, 6.45) is 4.18. The summed E-state index contributed by atoms with van der Waals surface area (Å²) < 4.78 is 5.56. The van der Waals surface area contributed by atoms with E-state index < -0.39 is 6.10 Å². The van der Waals surface area contributed by atoms with E-state index in [1.54, 1.807) is 30.5 Å². The quantitative estimate of drug-likeness (QED) is 0.718. The number of nitrogens with one attached hydrogen (secondary N) is 2. The highest BCUT2D eigenvalue weighted by Gasteiger charge is 2.25. The van der Waals surface area contributed by atoms with Crippen molar-refractivity contribution in [3.8, 4) is 11.6 Å². The zero-order valence-corrected chi connectivity index (χ0v) is 14.9. The fourth-order valence-corrected chi connectivity index (χ4v) is 2.41. The molecule has 2 aromatic rings. The van der Waals surface area contributed by atoms with E-state index in [0.29, 0.717) is 36.8 Å². The van der Waals surface area contributed by atoms with Gasteiger partial charge >= 0.3 is 0 Å². The number of hydrogen-bond donors (Lipinski definition) is 3.